The number of phenols is 1. The van der Waals surface area contributed by atoms with E-state index in [0.29, 0.717) is 18.7 Å². The summed E-state index contributed by atoms with van der Waals surface area (Å²) in [6.07, 6.45) is 1.42. The SMILES string of the molecule is O=C(Cc1ccc(I)cc1)Nc1nc2c(nc1Cc1ccccc1)-c1ccc(O)cc1C2. The molecule has 0 aliphatic heterocycles. The van der Waals surface area contributed by atoms with Crippen molar-refractivity contribution in [2.75, 3.05) is 5.32 Å². The van der Waals surface area contributed by atoms with Crippen molar-refractivity contribution in [1.82, 2.24) is 9.97 Å². The Morgan fingerprint density at radius 2 is 1.75 bits per heavy atom. The summed E-state index contributed by atoms with van der Waals surface area (Å²) in [6, 6.07) is 23.2. The molecule has 158 valence electrons. The second kappa shape index (κ2) is 8.70. The highest BCUT2D eigenvalue weighted by molar-refractivity contribution is 14.1. The monoisotopic (exact) mass is 533 g/mol. The van der Waals surface area contributed by atoms with Crippen LogP contribution in [0.1, 0.15) is 28.1 Å². The fraction of sp³-hybridized carbons (Fsp3) is 0.115. The smallest absolute Gasteiger partial charge is 0.229 e. The van der Waals surface area contributed by atoms with E-state index in [9.17, 15) is 9.90 Å². The van der Waals surface area contributed by atoms with E-state index in [0.717, 1.165) is 42.9 Å². The predicted octanol–water partition coefficient (Wildman–Crippen LogP) is 5.13. The van der Waals surface area contributed by atoms with Gasteiger partial charge in [-0.2, -0.15) is 0 Å². The van der Waals surface area contributed by atoms with E-state index in [1.807, 2.05) is 60.7 Å². The molecule has 6 heteroatoms. The van der Waals surface area contributed by atoms with E-state index >= 15 is 0 Å². The second-order valence-electron chi connectivity index (χ2n) is 7.85. The Balaban J connectivity index is 1.48. The van der Waals surface area contributed by atoms with E-state index in [1.54, 1.807) is 12.1 Å². The third-order valence-electron chi connectivity index (χ3n) is 5.49. The topological polar surface area (TPSA) is 75.1 Å². The minimum Gasteiger partial charge on any atom is -0.508 e. The van der Waals surface area contributed by atoms with Gasteiger partial charge in [0.15, 0.2) is 5.82 Å². The zero-order valence-electron chi connectivity index (χ0n) is 17.2. The van der Waals surface area contributed by atoms with E-state index in [2.05, 4.69) is 27.9 Å². The Hall–Kier alpha value is -3.26. The maximum absolute atomic E-state index is 12.8. The fourth-order valence-corrected chi connectivity index (χ4v) is 4.32. The lowest BCUT2D eigenvalue weighted by molar-refractivity contribution is -0.115. The van der Waals surface area contributed by atoms with Gasteiger partial charge >= 0.3 is 0 Å². The van der Waals surface area contributed by atoms with Crippen LogP contribution in [0.5, 0.6) is 5.75 Å². The van der Waals surface area contributed by atoms with Crippen molar-refractivity contribution in [3.63, 3.8) is 0 Å². The number of benzene rings is 3. The van der Waals surface area contributed by atoms with E-state index < -0.39 is 0 Å². The molecule has 4 aromatic rings. The number of nitrogens with zero attached hydrogens (tertiary/aromatic N) is 2. The molecule has 1 amide bonds. The molecule has 0 radical (unpaired) electrons. The average Bonchev–Trinajstić information content (AvgIpc) is 3.12. The Labute approximate surface area is 199 Å². The van der Waals surface area contributed by atoms with Gasteiger partial charge in [-0.25, -0.2) is 9.97 Å². The molecule has 1 heterocycles. The first-order valence-corrected chi connectivity index (χ1v) is 11.4. The van der Waals surface area contributed by atoms with Gasteiger partial charge in [0, 0.05) is 22.0 Å². The van der Waals surface area contributed by atoms with E-state index in [1.165, 1.54) is 0 Å². The molecule has 3 aromatic carbocycles. The van der Waals surface area contributed by atoms with Crippen LogP contribution in [0, 0.1) is 3.57 Å². The molecule has 0 saturated carbocycles. The van der Waals surface area contributed by atoms with Crippen molar-refractivity contribution >= 4 is 34.3 Å². The van der Waals surface area contributed by atoms with Gasteiger partial charge in [0.05, 0.1) is 23.5 Å². The predicted molar refractivity (Wildman–Crippen MR) is 133 cm³/mol. The number of hydrogen-bond acceptors (Lipinski definition) is 4. The maximum Gasteiger partial charge on any atom is 0.229 e. The normalized spacial score (nSPS) is 11.7. The first kappa shape index (κ1) is 20.6. The molecule has 0 bridgehead atoms. The number of aromatic nitrogens is 2. The van der Waals surface area contributed by atoms with Gasteiger partial charge in [0.25, 0.3) is 0 Å². The van der Waals surface area contributed by atoms with Crippen LogP contribution >= 0.6 is 22.6 Å². The molecule has 1 aliphatic carbocycles. The van der Waals surface area contributed by atoms with Crippen LogP contribution in [0.4, 0.5) is 5.82 Å². The van der Waals surface area contributed by atoms with Crippen LogP contribution in [0.3, 0.4) is 0 Å². The highest BCUT2D eigenvalue weighted by atomic mass is 127. The molecule has 1 aromatic heterocycles. The standard InChI is InChI=1S/C26H20IN3O2/c27-19-8-6-17(7-9-19)13-24(32)30-26-23(12-16-4-2-1-3-5-16)28-25-21-11-10-20(31)14-18(21)15-22(25)29-26/h1-11,14,31H,12-13,15H2,(H,29,30,32). The Bertz CT molecular complexity index is 1300. The maximum atomic E-state index is 12.8. The first-order chi connectivity index (χ1) is 15.5. The third kappa shape index (κ3) is 4.36. The number of fused-ring (bicyclic) bond motifs is 3. The number of halogens is 1. The largest absolute Gasteiger partial charge is 0.508 e. The molecule has 0 atom stereocenters. The van der Waals surface area contributed by atoms with Gasteiger partial charge in [-0.15, -0.1) is 0 Å². The molecular formula is C26H20IN3O2. The molecule has 2 N–H and O–H groups in total. The summed E-state index contributed by atoms with van der Waals surface area (Å²) in [4.78, 5) is 22.6. The summed E-state index contributed by atoms with van der Waals surface area (Å²) < 4.78 is 1.13. The zero-order chi connectivity index (χ0) is 22.1. The molecule has 0 unspecified atom stereocenters. The van der Waals surface area contributed by atoms with Gasteiger partial charge in [-0.1, -0.05) is 42.5 Å². The summed E-state index contributed by atoms with van der Waals surface area (Å²) in [5, 5.41) is 12.9. The lowest BCUT2D eigenvalue weighted by atomic mass is 10.1. The van der Waals surface area contributed by atoms with Gasteiger partial charge in [-0.05, 0) is 69.6 Å². The number of amides is 1. The number of rotatable bonds is 5. The summed E-state index contributed by atoms with van der Waals surface area (Å²) in [7, 11) is 0. The van der Waals surface area contributed by atoms with Crippen molar-refractivity contribution in [3.8, 4) is 17.0 Å². The number of aromatic hydroxyl groups is 1. The van der Waals surface area contributed by atoms with Crippen LogP contribution in [0.25, 0.3) is 11.3 Å². The van der Waals surface area contributed by atoms with Gasteiger partial charge in [0.2, 0.25) is 5.91 Å². The van der Waals surface area contributed by atoms with E-state index in [-0.39, 0.29) is 18.1 Å². The minimum atomic E-state index is -0.122. The van der Waals surface area contributed by atoms with Gasteiger partial charge < -0.3 is 10.4 Å². The molecule has 0 fully saturated rings. The summed E-state index contributed by atoms with van der Waals surface area (Å²) >= 11 is 2.25. The molecular weight excluding hydrogens is 513 g/mol. The quantitative estimate of drug-likeness (QED) is 0.308. The van der Waals surface area contributed by atoms with Gasteiger partial charge in [-0.3, -0.25) is 4.79 Å². The minimum absolute atomic E-state index is 0.122. The van der Waals surface area contributed by atoms with E-state index in [4.69, 9.17) is 9.97 Å². The number of anilines is 1. The highest BCUT2D eigenvalue weighted by Crippen LogP contribution is 2.37. The first-order valence-electron chi connectivity index (χ1n) is 10.4. The third-order valence-corrected chi connectivity index (χ3v) is 6.21. The van der Waals surface area contributed by atoms with Crippen LogP contribution in [-0.2, 0) is 24.1 Å². The highest BCUT2D eigenvalue weighted by Gasteiger charge is 2.25. The number of nitrogens with one attached hydrogen (secondary N) is 1. The Kier molecular flexibility index (Phi) is 5.61. The Morgan fingerprint density at radius 3 is 2.53 bits per heavy atom. The fourth-order valence-electron chi connectivity index (χ4n) is 3.96. The van der Waals surface area contributed by atoms with Crippen LogP contribution in [0.2, 0.25) is 0 Å². The van der Waals surface area contributed by atoms with Gasteiger partial charge in [0.1, 0.15) is 5.75 Å². The van der Waals surface area contributed by atoms with Crippen molar-refractivity contribution in [1.29, 1.82) is 0 Å². The number of carbonyl (C=O) groups excluding carboxylic acids is 1. The Morgan fingerprint density at radius 1 is 0.969 bits per heavy atom. The lowest BCUT2D eigenvalue weighted by Crippen LogP contribution is -2.18. The van der Waals surface area contributed by atoms with Crippen molar-refractivity contribution in [2.45, 2.75) is 19.3 Å². The molecule has 5 rings (SSSR count). The number of carbonyl (C=O) groups is 1. The van der Waals surface area contributed by atoms with Crippen LogP contribution < -0.4 is 5.32 Å². The van der Waals surface area contributed by atoms with Crippen molar-refractivity contribution in [2.24, 2.45) is 0 Å². The second-order valence-corrected chi connectivity index (χ2v) is 9.09. The molecule has 1 aliphatic rings. The molecule has 0 spiro atoms. The number of phenolic OH excluding ortho intramolecular Hbond substituents is 1. The number of hydrogen-bond donors (Lipinski definition) is 2. The summed E-state index contributed by atoms with van der Waals surface area (Å²) in [6.45, 7) is 0. The summed E-state index contributed by atoms with van der Waals surface area (Å²) in [5.74, 6) is 0.607. The lowest BCUT2D eigenvalue weighted by Gasteiger charge is -2.13. The zero-order valence-corrected chi connectivity index (χ0v) is 19.3. The van der Waals surface area contributed by atoms with Crippen molar-refractivity contribution in [3.05, 3.63) is 104 Å². The molecule has 0 saturated heterocycles. The summed E-state index contributed by atoms with van der Waals surface area (Å²) in [5.41, 5.74) is 6.38. The molecule has 5 nitrogen and oxygen atoms in total. The molecule has 32 heavy (non-hydrogen) atoms. The van der Waals surface area contributed by atoms with Crippen LogP contribution in [0.15, 0.2) is 72.8 Å². The average molecular weight is 533 g/mol. The van der Waals surface area contributed by atoms with Crippen LogP contribution in [-0.4, -0.2) is 21.0 Å². The van der Waals surface area contributed by atoms with Crippen molar-refractivity contribution < 1.29 is 9.90 Å².